The van der Waals surface area contributed by atoms with Crippen LogP contribution in [-0.2, 0) is 4.79 Å². The topological polar surface area (TPSA) is 52.6 Å². The summed E-state index contributed by atoms with van der Waals surface area (Å²) < 4.78 is 24.7. The summed E-state index contributed by atoms with van der Waals surface area (Å²) in [6.45, 7) is 1.32. The van der Waals surface area contributed by atoms with Gasteiger partial charge in [0, 0.05) is 33.0 Å². The highest BCUT2D eigenvalue weighted by Crippen LogP contribution is 2.41. The molecule has 30 heavy (non-hydrogen) atoms. The third-order valence-electron chi connectivity index (χ3n) is 4.61. The van der Waals surface area contributed by atoms with Gasteiger partial charge in [0.1, 0.15) is 17.3 Å². The second-order valence-electron chi connectivity index (χ2n) is 6.62. The number of halogens is 1. The van der Waals surface area contributed by atoms with E-state index in [1.165, 1.54) is 30.4 Å². The zero-order valence-corrected chi connectivity index (χ0v) is 17.1. The van der Waals surface area contributed by atoms with Crippen LogP contribution in [0.4, 0.5) is 4.39 Å². The first kappa shape index (κ1) is 19.8. The SMILES string of the molecule is COc1ccc2c(C(=O)c3ccc(OC(C)=O)cc3)c(-c3ccc(F)cc3)sc2c1. The van der Waals surface area contributed by atoms with E-state index < -0.39 is 5.97 Å². The highest BCUT2D eigenvalue weighted by atomic mass is 32.1. The predicted octanol–water partition coefficient (Wildman–Crippen LogP) is 5.87. The number of fused-ring (bicyclic) bond motifs is 1. The van der Waals surface area contributed by atoms with Gasteiger partial charge in [-0.25, -0.2) is 4.39 Å². The molecule has 0 radical (unpaired) electrons. The maximum absolute atomic E-state index is 13.5. The Morgan fingerprint density at radius 3 is 2.20 bits per heavy atom. The Morgan fingerprint density at radius 1 is 0.900 bits per heavy atom. The normalized spacial score (nSPS) is 10.8. The fourth-order valence-electron chi connectivity index (χ4n) is 3.22. The van der Waals surface area contributed by atoms with Crippen molar-refractivity contribution in [1.29, 1.82) is 0 Å². The van der Waals surface area contributed by atoms with Crippen molar-refractivity contribution in [1.82, 2.24) is 0 Å². The van der Waals surface area contributed by atoms with Gasteiger partial charge >= 0.3 is 5.97 Å². The lowest BCUT2D eigenvalue weighted by atomic mass is 9.97. The first-order chi connectivity index (χ1) is 14.5. The average molecular weight is 420 g/mol. The fourth-order valence-corrected chi connectivity index (χ4v) is 4.45. The van der Waals surface area contributed by atoms with Crippen LogP contribution in [-0.4, -0.2) is 18.9 Å². The summed E-state index contributed by atoms with van der Waals surface area (Å²) in [6.07, 6.45) is 0. The van der Waals surface area contributed by atoms with Crippen molar-refractivity contribution < 1.29 is 23.5 Å². The molecule has 0 amide bonds. The quantitative estimate of drug-likeness (QED) is 0.230. The van der Waals surface area contributed by atoms with Crippen molar-refractivity contribution >= 4 is 33.2 Å². The molecule has 0 atom stereocenters. The largest absolute Gasteiger partial charge is 0.497 e. The van der Waals surface area contributed by atoms with Crippen molar-refractivity contribution in [2.24, 2.45) is 0 Å². The van der Waals surface area contributed by atoms with Crippen molar-refractivity contribution in [2.75, 3.05) is 7.11 Å². The van der Waals surface area contributed by atoms with E-state index in [1.807, 2.05) is 18.2 Å². The monoisotopic (exact) mass is 420 g/mol. The Morgan fingerprint density at radius 2 is 1.57 bits per heavy atom. The molecule has 0 saturated carbocycles. The van der Waals surface area contributed by atoms with Crippen LogP contribution in [0.25, 0.3) is 20.5 Å². The number of rotatable bonds is 5. The van der Waals surface area contributed by atoms with Crippen LogP contribution >= 0.6 is 11.3 Å². The molecule has 4 aromatic rings. The molecule has 1 heterocycles. The Labute approximate surface area is 176 Å². The summed E-state index contributed by atoms with van der Waals surface area (Å²) in [5.41, 5.74) is 1.77. The number of carbonyl (C=O) groups excluding carboxylic acids is 2. The molecular formula is C24H17FO4S. The van der Waals surface area contributed by atoms with Crippen LogP contribution in [0, 0.1) is 5.82 Å². The summed E-state index contributed by atoms with van der Waals surface area (Å²) in [6, 6.07) is 18.1. The van der Waals surface area contributed by atoms with E-state index in [2.05, 4.69) is 0 Å². The van der Waals surface area contributed by atoms with Gasteiger partial charge in [0.05, 0.1) is 7.11 Å². The Bertz CT molecular complexity index is 1240. The maximum Gasteiger partial charge on any atom is 0.308 e. The van der Waals surface area contributed by atoms with Gasteiger partial charge in [-0.15, -0.1) is 11.3 Å². The number of benzene rings is 3. The molecule has 0 aliphatic carbocycles. The van der Waals surface area contributed by atoms with Crippen LogP contribution < -0.4 is 9.47 Å². The van der Waals surface area contributed by atoms with E-state index in [-0.39, 0.29) is 11.6 Å². The molecular weight excluding hydrogens is 403 g/mol. The molecule has 0 aliphatic rings. The number of hydrogen-bond donors (Lipinski definition) is 0. The molecule has 4 nitrogen and oxygen atoms in total. The fraction of sp³-hybridized carbons (Fsp3) is 0.0833. The van der Waals surface area contributed by atoms with Gasteiger partial charge in [-0.2, -0.15) is 0 Å². The maximum atomic E-state index is 13.5. The molecule has 4 rings (SSSR count). The third kappa shape index (κ3) is 3.82. The minimum Gasteiger partial charge on any atom is -0.497 e. The van der Waals surface area contributed by atoms with Crippen LogP contribution in [0.15, 0.2) is 66.7 Å². The average Bonchev–Trinajstić information content (AvgIpc) is 3.12. The summed E-state index contributed by atoms with van der Waals surface area (Å²) in [5.74, 6) is 0.137. The summed E-state index contributed by atoms with van der Waals surface area (Å²) in [4.78, 5) is 25.3. The number of ether oxygens (including phenoxy) is 2. The molecule has 0 bridgehead atoms. The van der Waals surface area contributed by atoms with Crippen LogP contribution in [0.2, 0.25) is 0 Å². The lowest BCUT2D eigenvalue weighted by Crippen LogP contribution is -2.04. The lowest BCUT2D eigenvalue weighted by molar-refractivity contribution is -0.131. The molecule has 0 N–H and O–H groups in total. The molecule has 0 aliphatic heterocycles. The van der Waals surface area contributed by atoms with E-state index in [9.17, 15) is 14.0 Å². The van der Waals surface area contributed by atoms with Gasteiger partial charge in [0.15, 0.2) is 5.78 Å². The minimum atomic E-state index is -0.426. The number of hydrogen-bond acceptors (Lipinski definition) is 5. The van der Waals surface area contributed by atoms with Crippen molar-refractivity contribution in [2.45, 2.75) is 6.92 Å². The Kier molecular flexibility index (Phi) is 5.33. The Balaban J connectivity index is 1.85. The Hall–Kier alpha value is -3.51. The summed E-state index contributed by atoms with van der Waals surface area (Å²) >= 11 is 1.45. The number of carbonyl (C=O) groups is 2. The molecule has 0 spiro atoms. The molecule has 3 aromatic carbocycles. The first-order valence-electron chi connectivity index (χ1n) is 9.16. The zero-order chi connectivity index (χ0) is 21.3. The third-order valence-corrected chi connectivity index (χ3v) is 5.81. The predicted molar refractivity (Wildman–Crippen MR) is 115 cm³/mol. The standard InChI is InChI=1S/C24H17FO4S/c1-14(26)29-18-9-5-15(6-10-18)23(27)22-20-12-11-19(28-2)13-21(20)30-24(22)16-3-7-17(25)8-4-16/h3-13H,1-2H3. The molecule has 150 valence electrons. The van der Waals surface area contributed by atoms with E-state index in [0.717, 1.165) is 20.5 Å². The van der Waals surface area contributed by atoms with Gasteiger partial charge in [-0.1, -0.05) is 12.1 Å². The van der Waals surface area contributed by atoms with Gasteiger partial charge in [-0.3, -0.25) is 9.59 Å². The molecule has 0 unspecified atom stereocenters. The molecule has 1 aromatic heterocycles. The molecule has 0 fully saturated rings. The first-order valence-corrected chi connectivity index (χ1v) is 9.97. The van der Waals surface area contributed by atoms with Gasteiger partial charge in [0.2, 0.25) is 0 Å². The smallest absolute Gasteiger partial charge is 0.308 e. The number of esters is 1. The summed E-state index contributed by atoms with van der Waals surface area (Å²) in [7, 11) is 1.59. The minimum absolute atomic E-state index is 0.167. The second-order valence-corrected chi connectivity index (χ2v) is 7.67. The summed E-state index contributed by atoms with van der Waals surface area (Å²) in [5, 5.41) is 0.800. The van der Waals surface area contributed by atoms with Crippen molar-refractivity contribution in [3.8, 4) is 21.9 Å². The van der Waals surface area contributed by atoms with Crippen LogP contribution in [0.5, 0.6) is 11.5 Å². The second kappa shape index (κ2) is 8.08. The molecule has 6 heteroatoms. The molecule has 0 saturated heterocycles. The van der Waals surface area contributed by atoms with E-state index >= 15 is 0 Å². The van der Waals surface area contributed by atoms with Crippen LogP contribution in [0.3, 0.4) is 0 Å². The van der Waals surface area contributed by atoms with Crippen LogP contribution in [0.1, 0.15) is 22.8 Å². The zero-order valence-electron chi connectivity index (χ0n) is 16.3. The van der Waals surface area contributed by atoms with E-state index in [4.69, 9.17) is 9.47 Å². The van der Waals surface area contributed by atoms with E-state index in [1.54, 1.807) is 43.5 Å². The van der Waals surface area contributed by atoms with Crippen molar-refractivity contribution in [3.05, 3.63) is 83.7 Å². The number of methoxy groups -OCH3 is 1. The van der Waals surface area contributed by atoms with Gasteiger partial charge in [0.25, 0.3) is 0 Å². The van der Waals surface area contributed by atoms with Gasteiger partial charge in [-0.05, 0) is 60.2 Å². The van der Waals surface area contributed by atoms with E-state index in [0.29, 0.717) is 22.6 Å². The van der Waals surface area contributed by atoms with Gasteiger partial charge < -0.3 is 9.47 Å². The lowest BCUT2D eigenvalue weighted by Gasteiger charge is -2.07. The van der Waals surface area contributed by atoms with Crippen molar-refractivity contribution in [3.63, 3.8) is 0 Å². The number of thiophene rings is 1. The highest BCUT2D eigenvalue weighted by Gasteiger charge is 2.22. The highest BCUT2D eigenvalue weighted by molar-refractivity contribution is 7.22. The number of ketones is 1.